The first-order valence-corrected chi connectivity index (χ1v) is 6.53. The van der Waals surface area contributed by atoms with Gasteiger partial charge in [0.05, 0.1) is 5.52 Å². The van der Waals surface area contributed by atoms with Crippen LogP contribution in [0.15, 0.2) is 53.1 Å². The molecule has 3 rings (SSSR count). The molecule has 0 atom stereocenters. The second-order valence-electron chi connectivity index (χ2n) is 4.07. The van der Waals surface area contributed by atoms with Gasteiger partial charge in [0, 0.05) is 16.1 Å². The number of hydrogen-bond acceptors (Lipinski definition) is 2. The van der Waals surface area contributed by atoms with E-state index in [1.165, 1.54) is 0 Å². The number of anilines is 1. The van der Waals surface area contributed by atoms with E-state index in [1.807, 2.05) is 30.3 Å². The molecule has 2 heterocycles. The number of benzene rings is 1. The summed E-state index contributed by atoms with van der Waals surface area (Å²) in [7, 11) is 0. The van der Waals surface area contributed by atoms with Gasteiger partial charge in [-0.25, -0.2) is 4.98 Å². The zero-order chi connectivity index (χ0) is 13.2. The lowest BCUT2D eigenvalue weighted by Crippen LogP contribution is -2.13. The number of hydrogen-bond donors (Lipinski definition) is 2. The Labute approximate surface area is 118 Å². The van der Waals surface area contributed by atoms with Crippen molar-refractivity contribution in [3.05, 3.63) is 58.8 Å². The van der Waals surface area contributed by atoms with Gasteiger partial charge in [-0.05, 0) is 40.2 Å². The lowest BCUT2D eigenvalue weighted by atomic mass is 10.2. The van der Waals surface area contributed by atoms with Crippen LogP contribution in [0.1, 0.15) is 10.5 Å². The van der Waals surface area contributed by atoms with Crippen LogP contribution in [0.5, 0.6) is 0 Å². The Morgan fingerprint density at radius 2 is 2.05 bits per heavy atom. The van der Waals surface area contributed by atoms with Crippen molar-refractivity contribution in [1.29, 1.82) is 0 Å². The molecule has 5 heteroatoms. The number of aromatic amines is 1. The van der Waals surface area contributed by atoms with Crippen molar-refractivity contribution >= 4 is 38.6 Å². The van der Waals surface area contributed by atoms with E-state index in [-0.39, 0.29) is 5.91 Å². The van der Waals surface area contributed by atoms with E-state index in [0.717, 1.165) is 15.4 Å². The summed E-state index contributed by atoms with van der Waals surface area (Å²) in [6.45, 7) is 0. The van der Waals surface area contributed by atoms with Gasteiger partial charge in [0.25, 0.3) is 5.91 Å². The molecule has 0 aliphatic rings. The van der Waals surface area contributed by atoms with Crippen LogP contribution in [0.25, 0.3) is 10.9 Å². The van der Waals surface area contributed by atoms with Crippen molar-refractivity contribution in [1.82, 2.24) is 9.97 Å². The summed E-state index contributed by atoms with van der Waals surface area (Å²) in [5.74, 6) is 0.322. The second kappa shape index (κ2) is 4.85. The van der Waals surface area contributed by atoms with Gasteiger partial charge in [0.15, 0.2) is 0 Å². The molecule has 94 valence electrons. The molecule has 0 unspecified atom stereocenters. The van der Waals surface area contributed by atoms with Crippen LogP contribution >= 0.6 is 15.9 Å². The van der Waals surface area contributed by atoms with Gasteiger partial charge in [-0.2, -0.15) is 0 Å². The fraction of sp³-hybridized carbons (Fsp3) is 0. The maximum atomic E-state index is 12.0. The fourth-order valence-corrected chi connectivity index (χ4v) is 2.16. The number of halogens is 1. The Bertz CT molecular complexity index is 751. The minimum atomic E-state index is -0.214. The first-order valence-electron chi connectivity index (χ1n) is 5.73. The zero-order valence-electron chi connectivity index (χ0n) is 9.85. The molecule has 0 bridgehead atoms. The molecule has 0 fully saturated rings. The Kier molecular flexibility index (Phi) is 3.05. The normalized spacial score (nSPS) is 10.6. The molecule has 0 saturated heterocycles. The van der Waals surface area contributed by atoms with Gasteiger partial charge in [-0.3, -0.25) is 4.79 Å². The molecule has 0 saturated carbocycles. The fourth-order valence-electron chi connectivity index (χ4n) is 1.82. The molecule has 2 N–H and O–H groups in total. The van der Waals surface area contributed by atoms with E-state index in [2.05, 4.69) is 31.2 Å². The molecule has 0 spiro atoms. The van der Waals surface area contributed by atoms with Gasteiger partial charge >= 0.3 is 0 Å². The molecule has 0 radical (unpaired) electrons. The summed E-state index contributed by atoms with van der Waals surface area (Å²) in [6, 6.07) is 13.2. The minimum Gasteiger partial charge on any atom is -0.356 e. The van der Waals surface area contributed by atoms with Crippen molar-refractivity contribution in [2.75, 3.05) is 5.32 Å². The first-order chi connectivity index (χ1) is 9.22. The van der Waals surface area contributed by atoms with Crippen LogP contribution in [0.3, 0.4) is 0 Å². The van der Waals surface area contributed by atoms with Crippen molar-refractivity contribution in [2.45, 2.75) is 0 Å². The maximum absolute atomic E-state index is 12.0. The van der Waals surface area contributed by atoms with Crippen LogP contribution in [0.2, 0.25) is 0 Å². The lowest BCUT2D eigenvalue weighted by Gasteiger charge is -2.04. The molecule has 1 aromatic carbocycles. The van der Waals surface area contributed by atoms with Crippen LogP contribution in [-0.4, -0.2) is 15.9 Å². The van der Waals surface area contributed by atoms with E-state index >= 15 is 0 Å². The van der Waals surface area contributed by atoms with Gasteiger partial charge in [-0.1, -0.05) is 18.2 Å². The Hall–Kier alpha value is -2.14. The molecule has 1 amide bonds. The molecule has 0 aliphatic heterocycles. The topological polar surface area (TPSA) is 57.8 Å². The third kappa shape index (κ3) is 2.51. The van der Waals surface area contributed by atoms with Crippen LogP contribution < -0.4 is 5.32 Å². The van der Waals surface area contributed by atoms with Crippen molar-refractivity contribution in [2.24, 2.45) is 0 Å². The van der Waals surface area contributed by atoms with E-state index in [9.17, 15) is 4.79 Å². The monoisotopic (exact) mass is 315 g/mol. The van der Waals surface area contributed by atoms with Gasteiger partial charge in [0.1, 0.15) is 11.5 Å². The van der Waals surface area contributed by atoms with Crippen molar-refractivity contribution < 1.29 is 4.79 Å². The molecule has 2 aromatic heterocycles. The molecular weight excluding hydrogens is 306 g/mol. The molecule has 19 heavy (non-hydrogen) atoms. The quantitative estimate of drug-likeness (QED) is 0.759. The number of nitrogens with zero attached hydrogens (tertiary/aromatic N) is 1. The smallest absolute Gasteiger partial charge is 0.273 e. The van der Waals surface area contributed by atoms with Crippen LogP contribution in [0.4, 0.5) is 5.82 Å². The summed E-state index contributed by atoms with van der Waals surface area (Å²) < 4.78 is 0.837. The zero-order valence-corrected chi connectivity index (χ0v) is 11.4. The molecule has 4 nitrogen and oxygen atoms in total. The van der Waals surface area contributed by atoms with Crippen LogP contribution in [-0.2, 0) is 0 Å². The number of rotatable bonds is 2. The number of pyridine rings is 1. The summed E-state index contributed by atoms with van der Waals surface area (Å²) >= 11 is 3.29. The number of amides is 1. The number of aromatic nitrogens is 2. The number of carbonyl (C=O) groups is 1. The van der Waals surface area contributed by atoms with E-state index in [0.29, 0.717) is 11.5 Å². The Morgan fingerprint density at radius 1 is 1.21 bits per heavy atom. The number of nitrogens with one attached hydrogen (secondary N) is 2. The maximum Gasteiger partial charge on any atom is 0.273 e. The highest BCUT2D eigenvalue weighted by molar-refractivity contribution is 9.10. The number of para-hydroxylation sites is 1. The van der Waals surface area contributed by atoms with Gasteiger partial charge in [0.2, 0.25) is 0 Å². The highest BCUT2D eigenvalue weighted by Crippen LogP contribution is 2.16. The summed E-state index contributed by atoms with van der Waals surface area (Å²) in [4.78, 5) is 19.2. The summed E-state index contributed by atoms with van der Waals surface area (Å²) in [5.41, 5.74) is 1.34. The SMILES string of the molecule is O=C(Nc1ccc2ccccc2n1)c1cc(Br)c[nH]1. The van der Waals surface area contributed by atoms with E-state index < -0.39 is 0 Å². The molecule has 0 aliphatic carbocycles. The number of fused-ring (bicyclic) bond motifs is 1. The van der Waals surface area contributed by atoms with Crippen molar-refractivity contribution in [3.8, 4) is 0 Å². The second-order valence-corrected chi connectivity index (χ2v) is 4.99. The van der Waals surface area contributed by atoms with E-state index in [1.54, 1.807) is 18.3 Å². The molecule has 3 aromatic rings. The predicted octanol–water partition coefficient (Wildman–Crippen LogP) is 3.58. The third-order valence-electron chi connectivity index (χ3n) is 2.73. The number of carbonyl (C=O) groups excluding carboxylic acids is 1. The standard InChI is InChI=1S/C14H10BrN3O/c15-10-7-12(16-8-10)14(19)18-13-6-5-9-3-1-2-4-11(9)17-13/h1-8,16H,(H,17,18,19). The summed E-state index contributed by atoms with van der Waals surface area (Å²) in [5, 5.41) is 3.81. The highest BCUT2D eigenvalue weighted by atomic mass is 79.9. The lowest BCUT2D eigenvalue weighted by molar-refractivity contribution is 0.102. The number of H-pyrrole nitrogens is 1. The van der Waals surface area contributed by atoms with Gasteiger partial charge < -0.3 is 10.3 Å². The first kappa shape index (κ1) is 11.9. The highest BCUT2D eigenvalue weighted by Gasteiger charge is 2.09. The van der Waals surface area contributed by atoms with Gasteiger partial charge in [-0.15, -0.1) is 0 Å². The third-order valence-corrected chi connectivity index (χ3v) is 3.19. The minimum absolute atomic E-state index is 0.214. The average Bonchev–Trinajstić information content (AvgIpc) is 2.85. The Balaban J connectivity index is 1.87. The predicted molar refractivity (Wildman–Crippen MR) is 78.2 cm³/mol. The average molecular weight is 316 g/mol. The van der Waals surface area contributed by atoms with Crippen molar-refractivity contribution in [3.63, 3.8) is 0 Å². The van der Waals surface area contributed by atoms with Crippen LogP contribution in [0, 0.1) is 0 Å². The molecular formula is C14H10BrN3O. The van der Waals surface area contributed by atoms with E-state index in [4.69, 9.17) is 0 Å². The largest absolute Gasteiger partial charge is 0.356 e. The Morgan fingerprint density at radius 3 is 2.84 bits per heavy atom. The summed E-state index contributed by atoms with van der Waals surface area (Å²) in [6.07, 6.45) is 1.71.